The first-order chi connectivity index (χ1) is 6.18. The van der Waals surface area contributed by atoms with Crippen LogP contribution in [-0.4, -0.2) is 29.5 Å². The van der Waals surface area contributed by atoms with Gasteiger partial charge in [-0.3, -0.25) is 5.41 Å². The average molecular weight is 202 g/mol. The summed E-state index contributed by atoms with van der Waals surface area (Å²) in [4.78, 5) is 0. The van der Waals surface area contributed by atoms with E-state index < -0.39 is 0 Å². The molecule has 1 heterocycles. The Bertz CT molecular complexity index is 169. The molecule has 0 aromatic carbocycles. The highest BCUT2D eigenvalue weighted by atomic mass is 32.2. The molecule has 0 spiro atoms. The van der Waals surface area contributed by atoms with Gasteiger partial charge in [0, 0.05) is 30.1 Å². The lowest BCUT2D eigenvalue weighted by Crippen LogP contribution is -2.22. The number of nitrogens with two attached hydrogens (primary N) is 1. The summed E-state index contributed by atoms with van der Waals surface area (Å²) in [7, 11) is 0. The first-order valence-corrected chi connectivity index (χ1v) is 5.69. The van der Waals surface area contributed by atoms with Gasteiger partial charge in [0.05, 0.1) is 5.84 Å². The maximum absolute atomic E-state index is 7.18. The molecule has 0 aromatic heterocycles. The van der Waals surface area contributed by atoms with Gasteiger partial charge in [0.2, 0.25) is 0 Å². The molecule has 1 saturated heterocycles. The molecule has 3 nitrogen and oxygen atoms in total. The number of amidine groups is 1. The van der Waals surface area contributed by atoms with Gasteiger partial charge in [0.25, 0.3) is 0 Å². The second-order valence-electron chi connectivity index (χ2n) is 3.49. The van der Waals surface area contributed by atoms with Gasteiger partial charge in [-0.1, -0.05) is 6.92 Å². The zero-order chi connectivity index (χ0) is 9.68. The van der Waals surface area contributed by atoms with Crippen LogP contribution in [0.5, 0.6) is 0 Å². The lowest BCUT2D eigenvalue weighted by molar-refractivity contribution is 0.0999. The van der Waals surface area contributed by atoms with E-state index in [2.05, 4.69) is 6.92 Å². The van der Waals surface area contributed by atoms with Crippen LogP contribution in [0.1, 0.15) is 26.2 Å². The number of thioether (sulfide) groups is 1. The molecule has 0 saturated carbocycles. The predicted octanol–water partition coefficient (Wildman–Crippen LogP) is 1.61. The molecule has 0 amide bonds. The van der Waals surface area contributed by atoms with Crippen LogP contribution in [0.25, 0.3) is 0 Å². The molecule has 0 radical (unpaired) electrons. The van der Waals surface area contributed by atoms with Gasteiger partial charge in [0.1, 0.15) is 0 Å². The summed E-state index contributed by atoms with van der Waals surface area (Å²) in [6.07, 6.45) is 3.00. The molecule has 1 aliphatic heterocycles. The Hall–Kier alpha value is -0.220. The maximum atomic E-state index is 7.18. The topological polar surface area (TPSA) is 59.1 Å². The zero-order valence-corrected chi connectivity index (χ0v) is 8.90. The van der Waals surface area contributed by atoms with E-state index in [9.17, 15) is 0 Å². The highest BCUT2D eigenvalue weighted by molar-refractivity contribution is 8.00. The Morgan fingerprint density at radius 2 is 2.23 bits per heavy atom. The van der Waals surface area contributed by atoms with Gasteiger partial charge in [0.15, 0.2) is 0 Å². The van der Waals surface area contributed by atoms with Crippen molar-refractivity contribution in [2.24, 2.45) is 5.73 Å². The van der Waals surface area contributed by atoms with Gasteiger partial charge < -0.3 is 10.5 Å². The van der Waals surface area contributed by atoms with Crippen LogP contribution in [-0.2, 0) is 4.74 Å². The Morgan fingerprint density at radius 3 is 2.77 bits per heavy atom. The van der Waals surface area contributed by atoms with Crippen molar-refractivity contribution in [1.82, 2.24) is 0 Å². The number of hydrogen-bond donors (Lipinski definition) is 2. The fourth-order valence-electron chi connectivity index (χ4n) is 1.50. The van der Waals surface area contributed by atoms with Crippen molar-refractivity contribution >= 4 is 17.6 Å². The summed E-state index contributed by atoms with van der Waals surface area (Å²) < 4.78 is 5.28. The van der Waals surface area contributed by atoms with Crippen molar-refractivity contribution in [3.05, 3.63) is 0 Å². The Morgan fingerprint density at radius 1 is 1.62 bits per heavy atom. The summed E-state index contributed by atoms with van der Waals surface area (Å²) in [5, 5.41) is 8.37. The summed E-state index contributed by atoms with van der Waals surface area (Å²) in [5.41, 5.74) is 5.34. The molecule has 3 N–H and O–H groups in total. The lowest BCUT2D eigenvalue weighted by atomic mass is 10.2. The Kier molecular flexibility index (Phi) is 4.59. The third-order valence-electron chi connectivity index (χ3n) is 2.10. The number of rotatable bonds is 4. The van der Waals surface area contributed by atoms with Crippen LogP contribution in [0.15, 0.2) is 0 Å². The minimum Gasteiger partial charge on any atom is -0.388 e. The molecule has 0 bridgehead atoms. The molecular weight excluding hydrogens is 184 g/mol. The Balaban J connectivity index is 2.18. The summed E-state index contributed by atoms with van der Waals surface area (Å²) in [5.74, 6) is 0.298. The standard InChI is InChI=1S/C9H18N2OS/c1-7(6-9(10)11)13-8-2-4-12-5-3-8/h7-8H,2-6H2,1H3,(H3,10,11). The molecule has 1 atom stereocenters. The van der Waals surface area contributed by atoms with Crippen molar-refractivity contribution in [3.8, 4) is 0 Å². The molecule has 0 aromatic rings. The van der Waals surface area contributed by atoms with Crippen molar-refractivity contribution in [1.29, 1.82) is 5.41 Å². The third kappa shape index (κ3) is 4.52. The molecule has 76 valence electrons. The summed E-state index contributed by atoms with van der Waals surface area (Å²) >= 11 is 1.95. The van der Waals surface area contributed by atoms with Gasteiger partial charge >= 0.3 is 0 Å². The third-order valence-corrected chi connectivity index (χ3v) is 3.59. The normalized spacial score (nSPS) is 21.3. The molecule has 1 rings (SSSR count). The second kappa shape index (κ2) is 5.50. The van der Waals surface area contributed by atoms with E-state index in [0.717, 1.165) is 26.1 Å². The van der Waals surface area contributed by atoms with E-state index in [4.69, 9.17) is 15.9 Å². The van der Waals surface area contributed by atoms with Gasteiger partial charge in [-0.15, -0.1) is 0 Å². The molecule has 0 aliphatic carbocycles. The minimum absolute atomic E-state index is 0.298. The highest BCUT2D eigenvalue weighted by Gasteiger charge is 2.17. The summed E-state index contributed by atoms with van der Waals surface area (Å²) in [6.45, 7) is 3.93. The van der Waals surface area contributed by atoms with Gasteiger partial charge in [-0.25, -0.2) is 0 Å². The van der Waals surface area contributed by atoms with Crippen molar-refractivity contribution < 1.29 is 4.74 Å². The van der Waals surface area contributed by atoms with Crippen LogP contribution in [0.3, 0.4) is 0 Å². The van der Waals surface area contributed by atoms with Crippen molar-refractivity contribution in [3.63, 3.8) is 0 Å². The predicted molar refractivity (Wildman–Crippen MR) is 57.4 cm³/mol. The van der Waals surface area contributed by atoms with E-state index in [1.807, 2.05) is 11.8 Å². The van der Waals surface area contributed by atoms with E-state index in [-0.39, 0.29) is 0 Å². The van der Waals surface area contributed by atoms with Crippen LogP contribution in [0.4, 0.5) is 0 Å². The number of hydrogen-bond acceptors (Lipinski definition) is 3. The van der Waals surface area contributed by atoms with Crippen molar-refractivity contribution in [2.75, 3.05) is 13.2 Å². The number of nitrogens with one attached hydrogen (secondary N) is 1. The molecular formula is C9H18N2OS. The minimum atomic E-state index is 0.298. The molecule has 1 fully saturated rings. The maximum Gasteiger partial charge on any atom is 0.0916 e. The molecule has 1 unspecified atom stereocenters. The lowest BCUT2D eigenvalue weighted by Gasteiger charge is -2.24. The SMILES string of the molecule is CC(CC(=N)N)SC1CCOCC1. The molecule has 13 heavy (non-hydrogen) atoms. The molecule has 4 heteroatoms. The van der Waals surface area contributed by atoms with Crippen LogP contribution < -0.4 is 5.73 Å². The van der Waals surface area contributed by atoms with Gasteiger partial charge in [-0.2, -0.15) is 11.8 Å². The highest BCUT2D eigenvalue weighted by Crippen LogP contribution is 2.27. The average Bonchev–Trinajstić information content (AvgIpc) is 2.04. The first kappa shape index (κ1) is 10.9. The second-order valence-corrected chi connectivity index (χ2v) is 5.23. The van der Waals surface area contributed by atoms with E-state index in [0.29, 0.717) is 22.8 Å². The zero-order valence-electron chi connectivity index (χ0n) is 8.08. The van der Waals surface area contributed by atoms with Crippen LogP contribution in [0.2, 0.25) is 0 Å². The van der Waals surface area contributed by atoms with E-state index in [1.165, 1.54) is 0 Å². The molecule has 1 aliphatic rings. The Labute approximate surface area is 83.9 Å². The largest absolute Gasteiger partial charge is 0.388 e. The summed E-state index contributed by atoms with van der Waals surface area (Å²) in [6, 6.07) is 0. The smallest absolute Gasteiger partial charge is 0.0916 e. The van der Waals surface area contributed by atoms with Crippen LogP contribution in [0, 0.1) is 5.41 Å². The van der Waals surface area contributed by atoms with Crippen LogP contribution >= 0.6 is 11.8 Å². The van der Waals surface area contributed by atoms with Gasteiger partial charge in [-0.05, 0) is 12.8 Å². The first-order valence-electron chi connectivity index (χ1n) is 4.74. The number of ether oxygens (including phenoxy) is 1. The van der Waals surface area contributed by atoms with E-state index >= 15 is 0 Å². The van der Waals surface area contributed by atoms with Crippen molar-refractivity contribution in [2.45, 2.75) is 36.7 Å². The van der Waals surface area contributed by atoms with E-state index in [1.54, 1.807) is 0 Å². The monoisotopic (exact) mass is 202 g/mol. The fraction of sp³-hybridized carbons (Fsp3) is 0.889. The fourth-order valence-corrected chi connectivity index (χ4v) is 2.90. The quantitative estimate of drug-likeness (QED) is 0.538.